The van der Waals surface area contributed by atoms with Crippen molar-refractivity contribution in [3.05, 3.63) is 211 Å². The van der Waals surface area contributed by atoms with E-state index in [1.807, 2.05) is 0 Å². The molecule has 0 radical (unpaired) electrons. The Balaban J connectivity index is 1.24. The van der Waals surface area contributed by atoms with Gasteiger partial charge in [-0.2, -0.15) is 0 Å². The van der Waals surface area contributed by atoms with Crippen LogP contribution in [0, 0.1) is 13.8 Å². The zero-order valence-corrected chi connectivity index (χ0v) is 33.0. The molecule has 0 amide bonds. The van der Waals surface area contributed by atoms with Crippen molar-refractivity contribution in [3.8, 4) is 39.1 Å². The predicted octanol–water partition coefficient (Wildman–Crippen LogP) is 16.2. The van der Waals surface area contributed by atoms with E-state index in [-0.39, 0.29) is 0 Å². The van der Waals surface area contributed by atoms with E-state index in [0.29, 0.717) is 0 Å². The highest BCUT2D eigenvalue weighted by Crippen LogP contribution is 2.48. The minimum absolute atomic E-state index is 1.18. The Labute approximate surface area is 343 Å². The van der Waals surface area contributed by atoms with E-state index < -0.39 is 0 Å². The average Bonchev–Trinajstić information content (AvgIpc) is 3.53. The van der Waals surface area contributed by atoms with Gasteiger partial charge in [-0.3, -0.25) is 0 Å². The van der Waals surface area contributed by atoms with Gasteiger partial charge in [0.05, 0.1) is 5.52 Å². The molecule has 0 unspecified atom stereocenters. The van der Waals surface area contributed by atoms with Gasteiger partial charge in [-0.1, -0.05) is 152 Å². The molecule has 12 aromatic rings. The van der Waals surface area contributed by atoms with Crippen LogP contribution in [0.5, 0.6) is 0 Å². The van der Waals surface area contributed by atoms with E-state index in [1.165, 1.54) is 126 Å². The average molecular weight is 750 g/mol. The molecule has 12 rings (SSSR count). The summed E-state index contributed by atoms with van der Waals surface area (Å²) in [5.41, 5.74) is 12.4. The number of hydrogen-bond donors (Lipinski definition) is 0. The molecule has 1 heteroatoms. The van der Waals surface area contributed by atoms with Gasteiger partial charge in [0.25, 0.3) is 0 Å². The summed E-state index contributed by atoms with van der Waals surface area (Å²) >= 11 is 0. The quantitative estimate of drug-likeness (QED) is 0.158. The van der Waals surface area contributed by atoms with E-state index in [2.05, 4.69) is 219 Å². The first-order chi connectivity index (χ1) is 29.1. The normalized spacial score (nSPS) is 11.9. The minimum Gasteiger partial charge on any atom is -0.314 e. The largest absolute Gasteiger partial charge is 0.314 e. The second-order valence-corrected chi connectivity index (χ2v) is 16.2. The molecule has 0 aliphatic heterocycles. The topological polar surface area (TPSA) is 4.93 Å². The van der Waals surface area contributed by atoms with Crippen molar-refractivity contribution in [1.82, 2.24) is 4.57 Å². The first-order valence-electron chi connectivity index (χ1n) is 20.6. The SMILES string of the molecule is Cc1c(C)n(-c2ccc3ccccc3c2)c2cc3c(-c4ccc5ccccc5c4)c4ccc(-c5ccc6ccccc6c5)cc4c(-c4ccc5ccccc5c4)c3cc12. The second kappa shape index (κ2) is 13.0. The molecule has 0 atom stereocenters. The van der Waals surface area contributed by atoms with Gasteiger partial charge in [0.15, 0.2) is 0 Å². The van der Waals surface area contributed by atoms with E-state index in [1.54, 1.807) is 0 Å². The Hall–Kier alpha value is -7.48. The van der Waals surface area contributed by atoms with Gasteiger partial charge in [0.1, 0.15) is 0 Å². The first-order valence-corrected chi connectivity index (χ1v) is 20.6. The lowest BCUT2D eigenvalue weighted by atomic mass is 9.83. The molecule has 0 aliphatic rings. The van der Waals surface area contributed by atoms with Crippen LogP contribution in [0.4, 0.5) is 0 Å². The maximum Gasteiger partial charge on any atom is 0.0540 e. The van der Waals surface area contributed by atoms with E-state index >= 15 is 0 Å². The maximum atomic E-state index is 2.50. The van der Waals surface area contributed by atoms with Crippen LogP contribution in [0.3, 0.4) is 0 Å². The molecule has 0 N–H and O–H groups in total. The standard InChI is InChI=1S/C58H39N/c1-36-37(2)59(50-27-25-41-14-6-10-18-45(41)32-50)56-35-55-54(34-52(36)56)58(49-24-21-40-13-5-9-17-44(40)31-49)53-33-47(46-22-19-38-11-3-7-15-42(38)29-46)26-28-51(53)57(55)48-23-20-39-12-4-8-16-43(39)30-48/h3-35H,1-2H3. The minimum atomic E-state index is 1.18. The molecular formula is C58H39N. The fraction of sp³-hybridized carbons (Fsp3) is 0.0345. The highest BCUT2D eigenvalue weighted by Gasteiger charge is 2.22. The Kier molecular flexibility index (Phi) is 7.43. The fourth-order valence-corrected chi connectivity index (χ4v) is 9.80. The van der Waals surface area contributed by atoms with Crippen LogP contribution in [0.2, 0.25) is 0 Å². The molecule has 0 aliphatic carbocycles. The monoisotopic (exact) mass is 749 g/mol. The summed E-state index contributed by atoms with van der Waals surface area (Å²) in [6, 6.07) is 74.7. The Morgan fingerprint density at radius 1 is 0.288 bits per heavy atom. The van der Waals surface area contributed by atoms with Crippen LogP contribution >= 0.6 is 0 Å². The number of aryl methyl sites for hydroxylation is 1. The summed E-state index contributed by atoms with van der Waals surface area (Å²) in [7, 11) is 0. The smallest absolute Gasteiger partial charge is 0.0540 e. The third kappa shape index (κ3) is 5.32. The van der Waals surface area contributed by atoms with Crippen LogP contribution in [0.1, 0.15) is 11.3 Å². The van der Waals surface area contributed by atoms with Crippen molar-refractivity contribution < 1.29 is 0 Å². The number of rotatable bonds is 4. The van der Waals surface area contributed by atoms with Gasteiger partial charge in [-0.15, -0.1) is 0 Å². The number of fused-ring (bicyclic) bond motifs is 7. The molecule has 0 fully saturated rings. The van der Waals surface area contributed by atoms with Gasteiger partial charge in [-0.05, 0) is 166 Å². The predicted molar refractivity (Wildman–Crippen MR) is 254 cm³/mol. The molecule has 0 bridgehead atoms. The zero-order chi connectivity index (χ0) is 39.2. The van der Waals surface area contributed by atoms with Crippen LogP contribution in [-0.2, 0) is 0 Å². The summed E-state index contributed by atoms with van der Waals surface area (Å²) < 4.78 is 2.48. The number of nitrogens with zero attached hydrogens (tertiary/aromatic N) is 1. The van der Waals surface area contributed by atoms with Crippen LogP contribution in [0.25, 0.3) is 115 Å². The Bertz CT molecular complexity index is 3690. The van der Waals surface area contributed by atoms with E-state index in [9.17, 15) is 0 Å². The molecule has 1 aromatic heterocycles. The number of aromatic nitrogens is 1. The van der Waals surface area contributed by atoms with Crippen molar-refractivity contribution in [2.75, 3.05) is 0 Å². The molecular weight excluding hydrogens is 711 g/mol. The summed E-state index contributed by atoms with van der Waals surface area (Å²) in [6.45, 7) is 4.57. The molecule has 1 heterocycles. The number of hydrogen-bond acceptors (Lipinski definition) is 0. The van der Waals surface area contributed by atoms with Gasteiger partial charge in [0, 0.05) is 16.8 Å². The van der Waals surface area contributed by atoms with Gasteiger partial charge < -0.3 is 4.57 Å². The fourth-order valence-electron chi connectivity index (χ4n) is 9.80. The molecule has 0 saturated heterocycles. The summed E-state index contributed by atoms with van der Waals surface area (Å²) in [5.74, 6) is 0. The second-order valence-electron chi connectivity index (χ2n) is 16.2. The van der Waals surface area contributed by atoms with Crippen LogP contribution < -0.4 is 0 Å². The van der Waals surface area contributed by atoms with E-state index in [0.717, 1.165) is 0 Å². The maximum absolute atomic E-state index is 2.50. The summed E-state index contributed by atoms with van der Waals surface area (Å²) in [5, 5.41) is 16.3. The van der Waals surface area contributed by atoms with Crippen molar-refractivity contribution >= 4 is 75.5 Å². The zero-order valence-electron chi connectivity index (χ0n) is 33.0. The lowest BCUT2D eigenvalue weighted by Crippen LogP contribution is -1.97. The number of benzene rings is 11. The van der Waals surface area contributed by atoms with Crippen LogP contribution in [0.15, 0.2) is 200 Å². The lowest BCUT2D eigenvalue weighted by Gasteiger charge is -2.20. The van der Waals surface area contributed by atoms with E-state index in [4.69, 9.17) is 0 Å². The van der Waals surface area contributed by atoms with Gasteiger partial charge in [-0.25, -0.2) is 0 Å². The highest BCUT2D eigenvalue weighted by atomic mass is 15.0. The summed E-state index contributed by atoms with van der Waals surface area (Å²) in [4.78, 5) is 0. The molecule has 59 heavy (non-hydrogen) atoms. The van der Waals surface area contributed by atoms with Crippen molar-refractivity contribution in [3.63, 3.8) is 0 Å². The molecule has 0 spiro atoms. The van der Waals surface area contributed by atoms with Crippen molar-refractivity contribution in [2.24, 2.45) is 0 Å². The van der Waals surface area contributed by atoms with Gasteiger partial charge >= 0.3 is 0 Å². The highest BCUT2D eigenvalue weighted by molar-refractivity contribution is 6.25. The first kappa shape index (κ1) is 33.6. The molecule has 0 saturated carbocycles. The Morgan fingerprint density at radius 3 is 1.27 bits per heavy atom. The lowest BCUT2D eigenvalue weighted by molar-refractivity contribution is 1.04. The summed E-state index contributed by atoms with van der Waals surface area (Å²) in [6.07, 6.45) is 0. The molecule has 1 nitrogen and oxygen atoms in total. The van der Waals surface area contributed by atoms with Crippen molar-refractivity contribution in [2.45, 2.75) is 13.8 Å². The van der Waals surface area contributed by atoms with Crippen molar-refractivity contribution in [1.29, 1.82) is 0 Å². The van der Waals surface area contributed by atoms with Crippen LogP contribution in [-0.4, -0.2) is 4.57 Å². The Morgan fingerprint density at radius 2 is 0.695 bits per heavy atom. The third-order valence-electron chi connectivity index (χ3n) is 12.9. The molecule has 11 aromatic carbocycles. The van der Waals surface area contributed by atoms with Gasteiger partial charge in [0.2, 0.25) is 0 Å². The molecule has 276 valence electrons. The third-order valence-corrected chi connectivity index (χ3v) is 12.9.